The van der Waals surface area contributed by atoms with Crippen molar-refractivity contribution in [3.8, 4) is 0 Å². The minimum Gasteiger partial charge on any atom is -0.354 e. The Kier molecular flexibility index (Phi) is 3.77. The zero-order valence-corrected chi connectivity index (χ0v) is 10.2. The van der Waals surface area contributed by atoms with Gasteiger partial charge in [0, 0.05) is 17.5 Å². The van der Waals surface area contributed by atoms with Crippen molar-refractivity contribution in [2.24, 2.45) is 11.1 Å². The highest BCUT2D eigenvalue weighted by atomic mass is 16.2. The molecule has 1 saturated carbocycles. The van der Waals surface area contributed by atoms with Crippen molar-refractivity contribution in [3.05, 3.63) is 0 Å². The van der Waals surface area contributed by atoms with Gasteiger partial charge in [-0.05, 0) is 33.1 Å². The Bertz CT molecular complexity index is 224. The topological polar surface area (TPSA) is 55.1 Å². The van der Waals surface area contributed by atoms with E-state index in [0.717, 1.165) is 19.3 Å². The Balaban J connectivity index is 2.51. The summed E-state index contributed by atoms with van der Waals surface area (Å²) in [6, 6.07) is 0. The van der Waals surface area contributed by atoms with Gasteiger partial charge in [-0.2, -0.15) is 0 Å². The van der Waals surface area contributed by atoms with Crippen LogP contribution in [-0.4, -0.2) is 18.0 Å². The minimum atomic E-state index is -0.316. The van der Waals surface area contributed by atoms with Crippen molar-refractivity contribution in [1.29, 1.82) is 0 Å². The van der Waals surface area contributed by atoms with Gasteiger partial charge in [0.1, 0.15) is 0 Å². The molecule has 1 rings (SSSR count). The van der Waals surface area contributed by atoms with Gasteiger partial charge >= 0.3 is 0 Å². The Morgan fingerprint density at radius 3 is 2.33 bits per heavy atom. The van der Waals surface area contributed by atoms with Crippen LogP contribution in [0.1, 0.15) is 52.9 Å². The van der Waals surface area contributed by atoms with Gasteiger partial charge in [0.2, 0.25) is 5.91 Å². The molecule has 3 nitrogen and oxygen atoms in total. The van der Waals surface area contributed by atoms with E-state index in [1.165, 1.54) is 12.8 Å². The average Bonchev–Trinajstić information content (AvgIpc) is 2.62. The number of rotatable bonds is 4. The zero-order valence-electron chi connectivity index (χ0n) is 10.2. The third-order valence-electron chi connectivity index (χ3n) is 3.42. The molecule has 0 aromatic carbocycles. The number of hydrogen-bond donors (Lipinski definition) is 2. The Morgan fingerprint density at radius 2 is 1.93 bits per heavy atom. The fraction of sp³-hybridized carbons (Fsp3) is 0.917. The predicted molar refractivity (Wildman–Crippen MR) is 62.5 cm³/mol. The van der Waals surface area contributed by atoms with E-state index in [-0.39, 0.29) is 16.9 Å². The van der Waals surface area contributed by atoms with Crippen molar-refractivity contribution in [2.75, 3.05) is 6.54 Å². The van der Waals surface area contributed by atoms with Crippen LogP contribution in [0, 0.1) is 5.41 Å². The van der Waals surface area contributed by atoms with E-state index in [0.29, 0.717) is 6.54 Å². The minimum absolute atomic E-state index is 0.0920. The number of amides is 1. The molecule has 0 bridgehead atoms. The van der Waals surface area contributed by atoms with Gasteiger partial charge < -0.3 is 11.1 Å². The van der Waals surface area contributed by atoms with Gasteiger partial charge in [0.25, 0.3) is 0 Å². The first-order valence-corrected chi connectivity index (χ1v) is 5.97. The normalized spacial score (nSPS) is 20.3. The molecule has 0 aromatic heterocycles. The molecule has 88 valence electrons. The Hall–Kier alpha value is -0.570. The number of carbonyl (C=O) groups is 1. The quantitative estimate of drug-likeness (QED) is 0.746. The molecule has 1 amide bonds. The van der Waals surface area contributed by atoms with Crippen molar-refractivity contribution in [3.63, 3.8) is 0 Å². The van der Waals surface area contributed by atoms with Gasteiger partial charge in [-0.1, -0.05) is 19.8 Å². The molecule has 0 unspecified atom stereocenters. The first kappa shape index (κ1) is 12.5. The number of hydrogen-bond acceptors (Lipinski definition) is 2. The van der Waals surface area contributed by atoms with E-state index in [4.69, 9.17) is 5.73 Å². The molecule has 1 aliphatic rings. The summed E-state index contributed by atoms with van der Waals surface area (Å²) in [5.41, 5.74) is 5.44. The van der Waals surface area contributed by atoms with Crippen LogP contribution in [0.5, 0.6) is 0 Å². The molecule has 3 N–H and O–H groups in total. The van der Waals surface area contributed by atoms with Crippen LogP contribution in [0.2, 0.25) is 0 Å². The van der Waals surface area contributed by atoms with Gasteiger partial charge in [0.15, 0.2) is 0 Å². The molecule has 0 aliphatic heterocycles. The van der Waals surface area contributed by atoms with Crippen molar-refractivity contribution >= 4 is 5.91 Å². The van der Waals surface area contributed by atoms with Crippen molar-refractivity contribution in [1.82, 2.24) is 5.32 Å². The molecule has 0 spiro atoms. The smallest absolute Gasteiger partial charge is 0.226 e. The fourth-order valence-corrected chi connectivity index (χ4v) is 2.29. The lowest BCUT2D eigenvalue weighted by Crippen LogP contribution is -2.49. The van der Waals surface area contributed by atoms with Crippen LogP contribution in [0.15, 0.2) is 0 Å². The van der Waals surface area contributed by atoms with Crippen LogP contribution in [0.3, 0.4) is 0 Å². The fourth-order valence-electron chi connectivity index (χ4n) is 2.29. The van der Waals surface area contributed by atoms with Crippen LogP contribution >= 0.6 is 0 Å². The Labute approximate surface area is 92.8 Å². The van der Waals surface area contributed by atoms with Gasteiger partial charge in [0.05, 0.1) is 0 Å². The molecule has 0 radical (unpaired) electrons. The van der Waals surface area contributed by atoms with Crippen LogP contribution in [-0.2, 0) is 4.79 Å². The number of nitrogens with one attached hydrogen (secondary N) is 1. The molecule has 0 atom stereocenters. The van der Waals surface area contributed by atoms with E-state index < -0.39 is 0 Å². The lowest BCUT2D eigenvalue weighted by molar-refractivity contribution is -0.131. The number of carbonyl (C=O) groups excluding carboxylic acids is 1. The van der Waals surface area contributed by atoms with E-state index in [9.17, 15) is 4.79 Å². The van der Waals surface area contributed by atoms with E-state index >= 15 is 0 Å². The van der Waals surface area contributed by atoms with Crippen molar-refractivity contribution < 1.29 is 4.79 Å². The molecule has 15 heavy (non-hydrogen) atoms. The SMILES string of the molecule is CCC1(C(=O)NCC(C)(C)N)CCCC1. The lowest BCUT2D eigenvalue weighted by Gasteiger charge is -2.28. The molecule has 0 aromatic rings. The largest absolute Gasteiger partial charge is 0.354 e. The maximum absolute atomic E-state index is 12.1. The summed E-state index contributed by atoms with van der Waals surface area (Å²) in [7, 11) is 0. The highest BCUT2D eigenvalue weighted by molar-refractivity contribution is 5.82. The summed E-state index contributed by atoms with van der Waals surface area (Å²) < 4.78 is 0. The second-order valence-electron chi connectivity index (χ2n) is 5.51. The molecule has 1 fully saturated rings. The molecule has 0 heterocycles. The summed E-state index contributed by atoms with van der Waals surface area (Å²) in [4.78, 5) is 12.1. The van der Waals surface area contributed by atoms with Gasteiger partial charge in [-0.25, -0.2) is 0 Å². The lowest BCUT2D eigenvalue weighted by atomic mass is 9.82. The van der Waals surface area contributed by atoms with Gasteiger partial charge in [-0.15, -0.1) is 0 Å². The van der Waals surface area contributed by atoms with E-state index in [1.807, 2.05) is 13.8 Å². The van der Waals surface area contributed by atoms with Gasteiger partial charge in [-0.3, -0.25) is 4.79 Å². The maximum Gasteiger partial charge on any atom is 0.226 e. The summed E-state index contributed by atoms with van der Waals surface area (Å²) >= 11 is 0. The molecular weight excluding hydrogens is 188 g/mol. The monoisotopic (exact) mass is 212 g/mol. The first-order chi connectivity index (χ1) is 6.90. The first-order valence-electron chi connectivity index (χ1n) is 5.97. The summed E-state index contributed by atoms with van der Waals surface area (Å²) in [5, 5.41) is 2.99. The molecule has 1 aliphatic carbocycles. The molecule has 0 saturated heterocycles. The van der Waals surface area contributed by atoms with Crippen LogP contribution in [0.25, 0.3) is 0 Å². The second kappa shape index (κ2) is 4.52. The third kappa shape index (κ3) is 3.20. The summed E-state index contributed by atoms with van der Waals surface area (Å²) in [5.74, 6) is 0.209. The predicted octanol–water partition coefficient (Wildman–Crippen LogP) is 1.81. The Morgan fingerprint density at radius 1 is 1.40 bits per heavy atom. The maximum atomic E-state index is 12.1. The van der Waals surface area contributed by atoms with Crippen LogP contribution in [0.4, 0.5) is 0 Å². The van der Waals surface area contributed by atoms with Crippen LogP contribution < -0.4 is 11.1 Å². The molecular formula is C12H24N2O. The highest BCUT2D eigenvalue weighted by Crippen LogP contribution is 2.41. The second-order valence-corrected chi connectivity index (χ2v) is 5.51. The average molecular weight is 212 g/mol. The molecule has 3 heteroatoms. The summed E-state index contributed by atoms with van der Waals surface area (Å²) in [6.45, 7) is 6.53. The van der Waals surface area contributed by atoms with E-state index in [2.05, 4.69) is 12.2 Å². The summed E-state index contributed by atoms with van der Waals surface area (Å²) in [6.07, 6.45) is 5.41. The zero-order chi connectivity index (χ0) is 11.5. The van der Waals surface area contributed by atoms with Crippen molar-refractivity contribution in [2.45, 2.75) is 58.4 Å². The highest BCUT2D eigenvalue weighted by Gasteiger charge is 2.39. The third-order valence-corrected chi connectivity index (χ3v) is 3.42. The van der Waals surface area contributed by atoms with E-state index in [1.54, 1.807) is 0 Å². The number of nitrogens with two attached hydrogens (primary N) is 1. The standard InChI is InChI=1S/C12H24N2O/c1-4-12(7-5-6-8-12)10(15)14-9-11(2,3)13/h4-9,13H2,1-3H3,(H,14,15).